The van der Waals surface area contributed by atoms with Crippen LogP contribution in [0, 0.1) is 6.92 Å². The van der Waals surface area contributed by atoms with E-state index in [-0.39, 0.29) is 0 Å². The van der Waals surface area contributed by atoms with Gasteiger partial charge in [0.15, 0.2) is 0 Å². The van der Waals surface area contributed by atoms with Gasteiger partial charge < -0.3 is 9.88 Å². The van der Waals surface area contributed by atoms with Gasteiger partial charge in [0.05, 0.1) is 0 Å². The average Bonchev–Trinajstić information content (AvgIpc) is 2.43. The normalized spacial score (nSPS) is 11.1. The Morgan fingerprint density at radius 3 is 2.79 bits per heavy atom. The lowest BCUT2D eigenvalue weighted by molar-refractivity contribution is 0.819. The maximum absolute atomic E-state index is 3.16. The first kappa shape index (κ1) is 9.28. The van der Waals surface area contributed by atoms with Crippen LogP contribution in [0.4, 0.5) is 0 Å². The van der Waals surface area contributed by atoms with E-state index < -0.39 is 0 Å². The van der Waals surface area contributed by atoms with Crippen LogP contribution in [0.3, 0.4) is 0 Å². The molecule has 0 amide bonds. The van der Waals surface area contributed by atoms with Gasteiger partial charge in [-0.25, -0.2) is 0 Å². The molecular weight excluding hydrogens is 172 g/mol. The number of hydrogen-bond donors (Lipinski definition) is 1. The third kappa shape index (κ3) is 1.42. The number of aromatic nitrogens is 1. The van der Waals surface area contributed by atoms with Crippen molar-refractivity contribution in [3.8, 4) is 0 Å². The number of benzene rings is 1. The third-order valence-corrected chi connectivity index (χ3v) is 2.73. The lowest BCUT2D eigenvalue weighted by Gasteiger charge is -2.01. The Morgan fingerprint density at radius 2 is 2.07 bits per heavy atom. The molecular formula is C12H16N2. The summed E-state index contributed by atoms with van der Waals surface area (Å²) in [5.41, 5.74) is 3.95. The van der Waals surface area contributed by atoms with E-state index in [4.69, 9.17) is 0 Å². The number of fused-ring (bicyclic) bond motifs is 1. The molecule has 0 spiro atoms. The molecule has 0 aliphatic rings. The Labute approximate surface area is 84.5 Å². The quantitative estimate of drug-likeness (QED) is 0.764. The van der Waals surface area contributed by atoms with Gasteiger partial charge in [-0.1, -0.05) is 6.07 Å². The molecule has 2 rings (SSSR count). The molecule has 2 heteroatoms. The summed E-state index contributed by atoms with van der Waals surface area (Å²) in [4.78, 5) is 0. The first-order valence-electron chi connectivity index (χ1n) is 4.92. The van der Waals surface area contributed by atoms with Crippen molar-refractivity contribution in [1.29, 1.82) is 0 Å². The summed E-state index contributed by atoms with van der Waals surface area (Å²) in [7, 11) is 4.08. The molecule has 2 nitrogen and oxygen atoms in total. The molecule has 14 heavy (non-hydrogen) atoms. The summed E-state index contributed by atoms with van der Waals surface area (Å²) in [6.45, 7) is 3.07. The number of nitrogens with one attached hydrogen (secondary N) is 1. The zero-order valence-electron chi connectivity index (χ0n) is 8.96. The van der Waals surface area contributed by atoms with Crippen molar-refractivity contribution in [3.63, 3.8) is 0 Å². The zero-order chi connectivity index (χ0) is 10.1. The Balaban J connectivity index is 2.56. The van der Waals surface area contributed by atoms with E-state index in [9.17, 15) is 0 Å². The van der Waals surface area contributed by atoms with Gasteiger partial charge in [-0.2, -0.15) is 0 Å². The lowest BCUT2D eigenvalue weighted by Crippen LogP contribution is -2.04. The molecule has 0 fully saturated rings. The van der Waals surface area contributed by atoms with Crippen LogP contribution in [0.25, 0.3) is 10.9 Å². The Hall–Kier alpha value is -1.28. The SMILES string of the molecule is CNCc1ccc2c(c1)cc(C)n2C. The smallest absolute Gasteiger partial charge is 0.0479 e. The molecule has 1 aromatic heterocycles. The van der Waals surface area contributed by atoms with Crippen molar-refractivity contribution in [2.24, 2.45) is 7.05 Å². The second kappa shape index (κ2) is 3.46. The van der Waals surface area contributed by atoms with Crippen LogP contribution in [-0.2, 0) is 13.6 Å². The van der Waals surface area contributed by atoms with E-state index in [1.54, 1.807) is 0 Å². The highest BCUT2D eigenvalue weighted by Gasteiger charge is 2.02. The predicted octanol–water partition coefficient (Wildman–Crippen LogP) is 2.21. The van der Waals surface area contributed by atoms with Gasteiger partial charge in [-0.15, -0.1) is 0 Å². The Morgan fingerprint density at radius 1 is 1.29 bits per heavy atom. The third-order valence-electron chi connectivity index (χ3n) is 2.73. The van der Waals surface area contributed by atoms with Crippen LogP contribution in [0.5, 0.6) is 0 Å². The highest BCUT2D eigenvalue weighted by molar-refractivity contribution is 5.81. The first-order valence-corrected chi connectivity index (χ1v) is 4.92. The fourth-order valence-corrected chi connectivity index (χ4v) is 1.85. The fourth-order valence-electron chi connectivity index (χ4n) is 1.85. The number of hydrogen-bond acceptors (Lipinski definition) is 1. The van der Waals surface area contributed by atoms with Crippen LogP contribution in [0.2, 0.25) is 0 Å². The molecule has 0 saturated carbocycles. The second-order valence-electron chi connectivity index (χ2n) is 3.77. The van der Waals surface area contributed by atoms with Gasteiger partial charge in [-0.3, -0.25) is 0 Å². The molecule has 1 heterocycles. The summed E-state index contributed by atoms with van der Waals surface area (Å²) in [6.07, 6.45) is 0. The molecule has 0 bridgehead atoms. The maximum atomic E-state index is 3.16. The zero-order valence-corrected chi connectivity index (χ0v) is 8.96. The van der Waals surface area contributed by atoms with Gasteiger partial charge in [0.2, 0.25) is 0 Å². The van der Waals surface area contributed by atoms with Crippen molar-refractivity contribution in [2.45, 2.75) is 13.5 Å². The van der Waals surface area contributed by atoms with E-state index in [1.165, 1.54) is 22.2 Å². The monoisotopic (exact) mass is 188 g/mol. The van der Waals surface area contributed by atoms with Crippen molar-refractivity contribution in [3.05, 3.63) is 35.5 Å². The minimum absolute atomic E-state index is 0.934. The van der Waals surface area contributed by atoms with Crippen molar-refractivity contribution >= 4 is 10.9 Å². The summed E-state index contributed by atoms with van der Waals surface area (Å²) >= 11 is 0. The molecule has 0 aliphatic carbocycles. The van der Waals surface area contributed by atoms with Crippen molar-refractivity contribution in [1.82, 2.24) is 9.88 Å². The minimum atomic E-state index is 0.934. The average molecular weight is 188 g/mol. The van der Waals surface area contributed by atoms with Gasteiger partial charge >= 0.3 is 0 Å². The molecule has 1 N–H and O–H groups in total. The fraction of sp³-hybridized carbons (Fsp3) is 0.333. The van der Waals surface area contributed by atoms with Crippen LogP contribution in [-0.4, -0.2) is 11.6 Å². The molecule has 0 radical (unpaired) electrons. The standard InChI is InChI=1S/C12H16N2/c1-9-6-11-7-10(8-13-2)4-5-12(11)14(9)3/h4-7,13H,8H2,1-3H3. The lowest BCUT2D eigenvalue weighted by atomic mass is 10.1. The van der Waals surface area contributed by atoms with Gasteiger partial charge in [0.1, 0.15) is 0 Å². The molecule has 0 saturated heterocycles. The van der Waals surface area contributed by atoms with E-state index in [0.29, 0.717) is 0 Å². The summed E-state index contributed by atoms with van der Waals surface area (Å²) in [5, 5.41) is 4.49. The number of aryl methyl sites for hydroxylation is 2. The Bertz CT molecular complexity index is 455. The van der Waals surface area contributed by atoms with E-state index in [1.807, 2.05) is 7.05 Å². The molecule has 0 aliphatic heterocycles. The highest BCUT2D eigenvalue weighted by atomic mass is 14.9. The van der Waals surface area contributed by atoms with Gasteiger partial charge in [-0.05, 0) is 37.7 Å². The topological polar surface area (TPSA) is 17.0 Å². The van der Waals surface area contributed by atoms with E-state index >= 15 is 0 Å². The van der Waals surface area contributed by atoms with Crippen LogP contribution in [0.15, 0.2) is 24.3 Å². The molecule has 0 unspecified atom stereocenters. The number of nitrogens with zero attached hydrogens (tertiary/aromatic N) is 1. The highest BCUT2D eigenvalue weighted by Crippen LogP contribution is 2.19. The van der Waals surface area contributed by atoms with Crippen LogP contribution >= 0.6 is 0 Å². The van der Waals surface area contributed by atoms with Gasteiger partial charge in [0.25, 0.3) is 0 Å². The molecule has 74 valence electrons. The molecule has 2 aromatic rings. The maximum Gasteiger partial charge on any atom is 0.0479 e. The van der Waals surface area contributed by atoms with Crippen molar-refractivity contribution in [2.75, 3.05) is 7.05 Å². The predicted molar refractivity (Wildman–Crippen MR) is 60.4 cm³/mol. The summed E-state index contributed by atoms with van der Waals surface area (Å²) < 4.78 is 2.22. The molecule has 1 aromatic carbocycles. The van der Waals surface area contributed by atoms with Crippen LogP contribution in [0.1, 0.15) is 11.3 Å². The van der Waals surface area contributed by atoms with Gasteiger partial charge in [0, 0.05) is 30.2 Å². The number of rotatable bonds is 2. The van der Waals surface area contributed by atoms with E-state index in [0.717, 1.165) is 6.54 Å². The van der Waals surface area contributed by atoms with E-state index in [2.05, 4.69) is 48.1 Å². The first-order chi connectivity index (χ1) is 6.72. The van der Waals surface area contributed by atoms with Crippen molar-refractivity contribution < 1.29 is 0 Å². The summed E-state index contributed by atoms with van der Waals surface area (Å²) in [5.74, 6) is 0. The summed E-state index contributed by atoms with van der Waals surface area (Å²) in [6, 6.07) is 8.85. The minimum Gasteiger partial charge on any atom is -0.348 e. The van der Waals surface area contributed by atoms with Crippen LogP contribution < -0.4 is 5.32 Å². The largest absolute Gasteiger partial charge is 0.348 e. The Kier molecular flexibility index (Phi) is 2.30. The molecule has 0 atom stereocenters. The second-order valence-corrected chi connectivity index (χ2v) is 3.77.